The zero-order valence-corrected chi connectivity index (χ0v) is 14.2. The first-order valence-electron chi connectivity index (χ1n) is 7.95. The molecule has 0 saturated heterocycles. The van der Waals surface area contributed by atoms with Crippen LogP contribution in [0, 0.1) is 28.4 Å². The molecule has 0 aliphatic heterocycles. The number of para-hydroxylation sites is 2. The molecule has 0 fully saturated rings. The van der Waals surface area contributed by atoms with Crippen molar-refractivity contribution in [3.05, 3.63) is 81.5 Å². The van der Waals surface area contributed by atoms with E-state index in [0.717, 1.165) is 12.0 Å². The van der Waals surface area contributed by atoms with E-state index < -0.39 is 10.8 Å². The Morgan fingerprint density at radius 3 is 2.58 bits per heavy atom. The number of carbonyl (C=O) groups excluding carboxylic acids is 1. The molecule has 132 valence electrons. The van der Waals surface area contributed by atoms with Crippen LogP contribution in [0.15, 0.2) is 60.3 Å². The first-order valence-corrected chi connectivity index (χ1v) is 7.95. The van der Waals surface area contributed by atoms with Crippen molar-refractivity contribution < 1.29 is 9.72 Å². The van der Waals surface area contributed by atoms with Crippen LogP contribution in [0.4, 0.5) is 11.4 Å². The molecular weight excluding hydrogens is 332 g/mol. The number of nitrogens with zero attached hydrogens (tertiary/aromatic N) is 2. The van der Waals surface area contributed by atoms with Gasteiger partial charge in [0.05, 0.1) is 4.92 Å². The van der Waals surface area contributed by atoms with Gasteiger partial charge in [0.2, 0.25) is 0 Å². The number of nitro benzene ring substituents is 1. The summed E-state index contributed by atoms with van der Waals surface area (Å²) in [4.78, 5) is 22.5. The van der Waals surface area contributed by atoms with E-state index in [0.29, 0.717) is 6.54 Å². The molecule has 0 spiro atoms. The van der Waals surface area contributed by atoms with Crippen LogP contribution in [0.1, 0.15) is 11.1 Å². The zero-order chi connectivity index (χ0) is 18.9. The Morgan fingerprint density at radius 1 is 1.23 bits per heavy atom. The third kappa shape index (κ3) is 5.18. The van der Waals surface area contributed by atoms with Gasteiger partial charge in [-0.15, -0.1) is 0 Å². The van der Waals surface area contributed by atoms with Gasteiger partial charge < -0.3 is 10.6 Å². The third-order valence-electron chi connectivity index (χ3n) is 3.64. The number of amides is 1. The predicted octanol–water partition coefficient (Wildman–Crippen LogP) is 3.08. The predicted molar refractivity (Wildman–Crippen MR) is 98.3 cm³/mol. The van der Waals surface area contributed by atoms with Gasteiger partial charge in [0.15, 0.2) is 0 Å². The first kappa shape index (κ1) is 18.7. The van der Waals surface area contributed by atoms with Gasteiger partial charge in [0.1, 0.15) is 17.3 Å². The normalized spacial score (nSPS) is 10.7. The van der Waals surface area contributed by atoms with E-state index in [1.807, 2.05) is 31.2 Å². The summed E-state index contributed by atoms with van der Waals surface area (Å²) >= 11 is 0. The fourth-order valence-corrected chi connectivity index (χ4v) is 2.22. The van der Waals surface area contributed by atoms with Crippen LogP contribution in [-0.4, -0.2) is 17.4 Å². The molecule has 7 nitrogen and oxygen atoms in total. The summed E-state index contributed by atoms with van der Waals surface area (Å²) in [5.41, 5.74) is 1.97. The topological polar surface area (TPSA) is 108 Å². The average molecular weight is 350 g/mol. The number of hydrogen-bond acceptors (Lipinski definition) is 5. The van der Waals surface area contributed by atoms with Crippen molar-refractivity contribution in [2.24, 2.45) is 0 Å². The molecule has 0 saturated carbocycles. The maximum atomic E-state index is 12.2. The monoisotopic (exact) mass is 350 g/mol. The van der Waals surface area contributed by atoms with E-state index in [1.54, 1.807) is 12.1 Å². The van der Waals surface area contributed by atoms with Crippen molar-refractivity contribution in [2.75, 3.05) is 11.9 Å². The van der Waals surface area contributed by atoms with Gasteiger partial charge >= 0.3 is 0 Å². The molecule has 0 atom stereocenters. The summed E-state index contributed by atoms with van der Waals surface area (Å²) in [5, 5.41) is 25.4. The second kappa shape index (κ2) is 8.99. The van der Waals surface area contributed by atoms with Crippen LogP contribution in [0.3, 0.4) is 0 Å². The molecule has 0 bridgehead atoms. The van der Waals surface area contributed by atoms with Crippen molar-refractivity contribution in [3.63, 3.8) is 0 Å². The fraction of sp³-hybridized carbons (Fsp3) is 0.158. The number of anilines is 1. The molecule has 2 aromatic rings. The molecule has 7 heteroatoms. The first-order chi connectivity index (χ1) is 12.5. The molecule has 2 aromatic carbocycles. The highest BCUT2D eigenvalue weighted by molar-refractivity contribution is 6.07. The number of nitriles is 1. The van der Waals surface area contributed by atoms with Gasteiger partial charge in [0.25, 0.3) is 11.6 Å². The highest BCUT2D eigenvalue weighted by Crippen LogP contribution is 2.23. The van der Waals surface area contributed by atoms with Crippen molar-refractivity contribution in [2.45, 2.75) is 13.3 Å². The highest BCUT2D eigenvalue weighted by atomic mass is 16.6. The van der Waals surface area contributed by atoms with E-state index in [4.69, 9.17) is 5.26 Å². The molecule has 0 aliphatic carbocycles. The van der Waals surface area contributed by atoms with Crippen molar-refractivity contribution >= 4 is 17.3 Å². The fourth-order valence-electron chi connectivity index (χ4n) is 2.22. The summed E-state index contributed by atoms with van der Waals surface area (Å²) in [6, 6.07) is 15.6. The second-order valence-electron chi connectivity index (χ2n) is 5.59. The van der Waals surface area contributed by atoms with Crippen LogP contribution >= 0.6 is 0 Å². The minimum Gasteiger partial charge on any atom is -0.389 e. The van der Waals surface area contributed by atoms with E-state index in [-0.39, 0.29) is 16.9 Å². The van der Waals surface area contributed by atoms with E-state index in [1.165, 1.54) is 30.0 Å². The molecule has 0 aromatic heterocycles. The molecule has 2 rings (SSSR count). The molecule has 2 N–H and O–H groups in total. The summed E-state index contributed by atoms with van der Waals surface area (Å²) in [6.07, 6.45) is 2.06. The highest BCUT2D eigenvalue weighted by Gasteiger charge is 2.16. The number of rotatable bonds is 7. The Hall–Kier alpha value is -3.66. The minimum absolute atomic E-state index is 0.0447. The summed E-state index contributed by atoms with van der Waals surface area (Å²) in [7, 11) is 0. The van der Waals surface area contributed by atoms with Crippen LogP contribution in [0.5, 0.6) is 0 Å². The lowest BCUT2D eigenvalue weighted by Crippen LogP contribution is -2.18. The SMILES string of the molecule is Cc1ccc(CCN/C=C(/C#N)C(=O)Nc2ccccc2[N+](=O)[O-])cc1. The summed E-state index contributed by atoms with van der Waals surface area (Å²) < 4.78 is 0. The van der Waals surface area contributed by atoms with Crippen molar-refractivity contribution in [1.29, 1.82) is 5.26 Å². The lowest BCUT2D eigenvalue weighted by molar-refractivity contribution is -0.383. The minimum atomic E-state index is -0.704. The number of hydrogen-bond donors (Lipinski definition) is 2. The Balaban J connectivity index is 1.96. The zero-order valence-electron chi connectivity index (χ0n) is 14.2. The van der Waals surface area contributed by atoms with Gasteiger partial charge in [-0.05, 0) is 25.0 Å². The van der Waals surface area contributed by atoms with Crippen molar-refractivity contribution in [3.8, 4) is 6.07 Å². The van der Waals surface area contributed by atoms with Crippen molar-refractivity contribution in [1.82, 2.24) is 5.32 Å². The molecule has 0 heterocycles. The van der Waals surface area contributed by atoms with E-state index in [9.17, 15) is 14.9 Å². The molecule has 1 amide bonds. The van der Waals surface area contributed by atoms with Crippen LogP contribution in [-0.2, 0) is 11.2 Å². The molecular formula is C19H18N4O3. The number of benzene rings is 2. The lowest BCUT2D eigenvalue weighted by Gasteiger charge is -2.06. The standard InChI is InChI=1S/C19H18N4O3/c1-14-6-8-15(9-7-14)10-11-21-13-16(12-20)19(24)22-17-4-2-3-5-18(17)23(25)26/h2-9,13,21H,10-11H2,1H3,(H,22,24)/b16-13-. The molecule has 0 radical (unpaired) electrons. The van der Waals surface area contributed by atoms with Gasteiger partial charge in [-0.2, -0.15) is 5.26 Å². The maximum Gasteiger partial charge on any atom is 0.292 e. The second-order valence-corrected chi connectivity index (χ2v) is 5.59. The number of carbonyl (C=O) groups is 1. The lowest BCUT2D eigenvalue weighted by atomic mass is 10.1. The number of aryl methyl sites for hydroxylation is 1. The Morgan fingerprint density at radius 2 is 1.92 bits per heavy atom. The smallest absolute Gasteiger partial charge is 0.292 e. The molecule has 0 aliphatic rings. The molecule has 0 unspecified atom stereocenters. The summed E-state index contributed by atoms with van der Waals surface area (Å²) in [5.74, 6) is -0.704. The quantitative estimate of drug-likeness (QED) is 0.262. The Kier molecular flexibility index (Phi) is 6.46. The van der Waals surface area contributed by atoms with Crippen LogP contribution < -0.4 is 10.6 Å². The average Bonchev–Trinajstić information content (AvgIpc) is 2.63. The van der Waals surface area contributed by atoms with Crippen LogP contribution in [0.2, 0.25) is 0 Å². The van der Waals surface area contributed by atoms with Gasteiger partial charge in [-0.25, -0.2) is 0 Å². The van der Waals surface area contributed by atoms with Gasteiger partial charge in [-0.3, -0.25) is 14.9 Å². The molecule has 26 heavy (non-hydrogen) atoms. The number of nitro groups is 1. The van der Waals surface area contributed by atoms with Gasteiger partial charge in [0, 0.05) is 18.8 Å². The Labute approximate surface area is 151 Å². The maximum absolute atomic E-state index is 12.2. The van der Waals surface area contributed by atoms with Crippen LogP contribution in [0.25, 0.3) is 0 Å². The largest absolute Gasteiger partial charge is 0.389 e. The Bertz CT molecular complexity index is 867. The number of nitrogens with one attached hydrogen (secondary N) is 2. The summed E-state index contributed by atoms with van der Waals surface area (Å²) in [6.45, 7) is 2.56. The van der Waals surface area contributed by atoms with E-state index in [2.05, 4.69) is 10.6 Å². The van der Waals surface area contributed by atoms with E-state index >= 15 is 0 Å². The van der Waals surface area contributed by atoms with Gasteiger partial charge in [-0.1, -0.05) is 42.0 Å². The third-order valence-corrected chi connectivity index (χ3v) is 3.64.